The van der Waals surface area contributed by atoms with E-state index in [1.54, 1.807) is 21.3 Å². The van der Waals surface area contributed by atoms with Crippen molar-refractivity contribution in [2.45, 2.75) is 158 Å². The zero-order valence-corrected chi connectivity index (χ0v) is 48.1. The van der Waals surface area contributed by atoms with Gasteiger partial charge in [-0.2, -0.15) is 0 Å². The van der Waals surface area contributed by atoms with Crippen LogP contribution in [0.15, 0.2) is 120 Å². The molecule has 0 aliphatic carbocycles. The summed E-state index contributed by atoms with van der Waals surface area (Å²) in [6.45, 7) is 23.8. The Morgan fingerprint density at radius 1 is 0.469 bits per heavy atom. The number of aromatic amines is 5. The van der Waals surface area contributed by atoms with Crippen LogP contribution in [-0.2, 0) is 56.8 Å². The molecule has 5 N–H and O–H groups in total. The van der Waals surface area contributed by atoms with Crippen LogP contribution in [0.2, 0.25) is 6.82 Å². The van der Waals surface area contributed by atoms with Gasteiger partial charge in [-0.15, -0.1) is 0 Å². The van der Waals surface area contributed by atoms with Crippen LogP contribution in [0.3, 0.4) is 0 Å². The molecule has 0 saturated heterocycles. The first-order chi connectivity index (χ1) is 37.1. The summed E-state index contributed by atoms with van der Waals surface area (Å²) in [7, 11) is 9.49. The average Bonchev–Trinajstić information content (AvgIpc) is 4.25. The average molecular weight is 1090 g/mol. The van der Waals surface area contributed by atoms with Gasteiger partial charge in [-0.05, 0) is 109 Å². The van der Waals surface area contributed by atoms with Crippen LogP contribution in [-0.4, -0.2) is 86.0 Å². The van der Waals surface area contributed by atoms with Crippen LogP contribution in [0.1, 0.15) is 149 Å². The molecule has 5 aliphatic heterocycles. The number of hydrogen-bond acceptors (Lipinski definition) is 8. The SMILES string of the molecule is C.C.C.CC1(C)Cc2cc3ccc(cc4nc(cc5ccc(cc1n2)[nH]5)CC4(C)C)[nH]3.COC(OC)C1=N/C(=C\c2ccc[nH]2)C(C)(C)C1.COc1c2nc(cc3ccc(cc4nc(cc5ccc1[nH]5)C(C)(C)C4)[nH]3)C(C)(C)C2.[B]C. The Bertz CT molecular complexity index is 3610. The molecule has 0 saturated carbocycles. The van der Waals surface area contributed by atoms with E-state index < -0.39 is 0 Å². The lowest BCUT2D eigenvalue weighted by Crippen LogP contribution is -2.25. The highest BCUT2D eigenvalue weighted by molar-refractivity contribution is 6.05. The van der Waals surface area contributed by atoms with Crippen molar-refractivity contribution in [1.29, 1.82) is 0 Å². The third kappa shape index (κ3) is 14.1. The molecule has 0 amide bonds. The second kappa shape index (κ2) is 24.8. The van der Waals surface area contributed by atoms with E-state index in [0.29, 0.717) is 0 Å². The quantitative estimate of drug-likeness (QED) is 0.0843. The maximum absolute atomic E-state index is 5.81. The zero-order chi connectivity index (χ0) is 55.8. The Balaban J connectivity index is 0.000000195. The Morgan fingerprint density at radius 2 is 0.852 bits per heavy atom. The normalized spacial score (nSPS) is 17.1. The number of aliphatic imine (C=N–C) groups is 1. The van der Waals surface area contributed by atoms with Crippen molar-refractivity contribution in [3.8, 4) is 5.75 Å². The molecule has 428 valence electrons. The van der Waals surface area contributed by atoms with Gasteiger partial charge in [-0.25, -0.2) is 0 Å². The second-order valence-corrected chi connectivity index (χ2v) is 24.3. The van der Waals surface area contributed by atoms with Crippen LogP contribution in [0, 0.1) is 5.41 Å². The van der Waals surface area contributed by atoms with Gasteiger partial charge in [-0.3, -0.25) is 24.9 Å². The maximum atomic E-state index is 5.81. The number of methoxy groups -OCH3 is 3. The van der Waals surface area contributed by atoms with Crippen molar-refractivity contribution >= 4 is 63.8 Å². The minimum atomic E-state index is -0.348. The number of rotatable bonds is 5. The minimum Gasteiger partial charge on any atom is -0.493 e. The van der Waals surface area contributed by atoms with E-state index in [4.69, 9.17) is 34.1 Å². The summed E-state index contributed by atoms with van der Waals surface area (Å²) in [6, 6.07) is 36.0. The molecule has 0 spiro atoms. The van der Waals surface area contributed by atoms with Gasteiger partial charge >= 0.3 is 0 Å². The highest BCUT2D eigenvalue weighted by Gasteiger charge is 2.36. The topological polar surface area (TPSA) is 171 Å². The molecule has 7 aromatic heterocycles. The van der Waals surface area contributed by atoms with E-state index in [-0.39, 0.29) is 55.6 Å². The van der Waals surface area contributed by atoms with Crippen molar-refractivity contribution < 1.29 is 14.2 Å². The van der Waals surface area contributed by atoms with Gasteiger partial charge in [0.25, 0.3) is 0 Å². The summed E-state index contributed by atoms with van der Waals surface area (Å²) in [5.74, 6) is 0.804. The molecule has 16 bridgehead atoms. The highest BCUT2D eigenvalue weighted by atomic mass is 16.7. The van der Waals surface area contributed by atoms with E-state index >= 15 is 0 Å². The summed E-state index contributed by atoms with van der Waals surface area (Å²) in [4.78, 5) is 41.7. The predicted molar refractivity (Wildman–Crippen MR) is 340 cm³/mol. The predicted octanol–water partition coefficient (Wildman–Crippen LogP) is 15.7. The van der Waals surface area contributed by atoms with Crippen LogP contribution in [0.25, 0.3) is 50.2 Å². The van der Waals surface area contributed by atoms with Gasteiger partial charge in [0.15, 0.2) is 12.0 Å². The van der Waals surface area contributed by atoms with E-state index in [2.05, 4.69) is 204 Å². The van der Waals surface area contributed by atoms with Gasteiger partial charge in [-0.1, -0.05) is 98.3 Å². The summed E-state index contributed by atoms with van der Waals surface area (Å²) >= 11 is 0. The number of ether oxygens (including phenoxy) is 3. The smallest absolute Gasteiger partial charge is 0.196 e. The van der Waals surface area contributed by atoms with Gasteiger partial charge in [0, 0.05) is 169 Å². The Kier molecular flexibility index (Phi) is 19.3. The molecular weight excluding hydrogens is 1000 g/mol. The lowest BCUT2D eigenvalue weighted by atomic mass is 9.86. The molecular formula is C67H89BN10O3. The van der Waals surface area contributed by atoms with Crippen molar-refractivity contribution in [2.24, 2.45) is 10.4 Å². The Labute approximate surface area is 482 Å². The molecule has 0 fully saturated rings. The van der Waals surface area contributed by atoms with E-state index in [1.165, 1.54) is 6.82 Å². The number of hydrogen-bond donors (Lipinski definition) is 5. The van der Waals surface area contributed by atoms with Crippen molar-refractivity contribution in [3.63, 3.8) is 0 Å². The third-order valence-electron chi connectivity index (χ3n) is 15.2. The lowest BCUT2D eigenvalue weighted by Gasteiger charge is -2.19. The van der Waals surface area contributed by atoms with Gasteiger partial charge in [0.1, 0.15) is 0 Å². The maximum Gasteiger partial charge on any atom is 0.196 e. The number of nitrogens with one attached hydrogen (secondary N) is 5. The molecule has 14 heteroatoms. The third-order valence-corrected chi connectivity index (χ3v) is 15.2. The number of allylic oxidation sites excluding steroid dienone is 1. The Morgan fingerprint density at radius 3 is 1.25 bits per heavy atom. The van der Waals surface area contributed by atoms with E-state index in [9.17, 15) is 0 Å². The highest BCUT2D eigenvalue weighted by Crippen LogP contribution is 2.41. The summed E-state index contributed by atoms with van der Waals surface area (Å²) in [5.41, 5.74) is 20.2. The number of fused-ring (bicyclic) bond motifs is 16. The van der Waals surface area contributed by atoms with Gasteiger partial charge in [0.05, 0.1) is 31.9 Å². The molecule has 12 rings (SSSR count). The van der Waals surface area contributed by atoms with Crippen LogP contribution in [0.5, 0.6) is 5.75 Å². The standard InChI is InChI=1S/C25H28N4O.C24H26N4.C14H20N2O2.CH3B.3CH4/c1-24(2)13-18-10-15-6-7-16(26-15)11-22-25(3,4)14-20(29-22)23(30-5)19-9-8-17(27-19)12-21(24)28-18;1-23(2)13-19-9-15-6-8-18(26-15)12-22-24(3,4)14-20(28-22)10-16-5-7-17(25-16)11-21(23)27-19;1-14(2)9-11(13(17-3)18-4)16-12(14)8-10-6-5-7-15-10;1-2;;;/h6-12,26-27H,13-14H2,1-5H3;5-12,25-26H,13-14H2,1-4H3;5-8,13,15H,9H2,1-4H3;1H3;3*1H4/b;;12-8-;;;;. The monoisotopic (exact) mass is 1090 g/mol. The second-order valence-electron chi connectivity index (χ2n) is 24.3. The van der Waals surface area contributed by atoms with Crippen molar-refractivity contribution in [2.75, 3.05) is 21.3 Å². The fraction of sp³-hybridized carbons (Fsp3) is 0.418. The van der Waals surface area contributed by atoms with Crippen molar-refractivity contribution in [3.05, 3.63) is 166 Å². The lowest BCUT2D eigenvalue weighted by molar-refractivity contribution is -0.0532. The first-order valence-corrected chi connectivity index (χ1v) is 27.0. The first-order valence-electron chi connectivity index (χ1n) is 27.0. The summed E-state index contributed by atoms with van der Waals surface area (Å²) < 4.78 is 16.4. The summed E-state index contributed by atoms with van der Waals surface area (Å²) in [6.07, 6.45) is 8.11. The number of aromatic nitrogens is 9. The molecule has 13 nitrogen and oxygen atoms in total. The van der Waals surface area contributed by atoms with Gasteiger partial charge in [0.2, 0.25) is 0 Å². The molecule has 0 aromatic carbocycles. The van der Waals surface area contributed by atoms with Crippen LogP contribution >= 0.6 is 0 Å². The molecule has 0 atom stereocenters. The van der Waals surface area contributed by atoms with E-state index in [1.807, 2.05) is 18.3 Å². The molecule has 0 unspecified atom stereocenters. The number of H-pyrrole nitrogens is 5. The molecule has 7 aromatic rings. The van der Waals surface area contributed by atoms with Crippen LogP contribution in [0.4, 0.5) is 0 Å². The largest absolute Gasteiger partial charge is 0.493 e. The summed E-state index contributed by atoms with van der Waals surface area (Å²) in [5, 5.41) is 0. The number of nitrogens with zero attached hydrogens (tertiary/aromatic N) is 5. The fourth-order valence-electron chi connectivity index (χ4n) is 10.9. The van der Waals surface area contributed by atoms with E-state index in [0.717, 1.165) is 145 Å². The zero-order valence-electron chi connectivity index (χ0n) is 48.1. The molecule has 12 heterocycles. The molecule has 2 radical (unpaired) electrons. The minimum absolute atomic E-state index is 0. The molecule has 81 heavy (non-hydrogen) atoms. The van der Waals surface area contributed by atoms with Gasteiger partial charge < -0.3 is 39.1 Å². The first kappa shape index (κ1) is 62.9. The Hall–Kier alpha value is -7.29. The molecule has 5 aliphatic rings. The van der Waals surface area contributed by atoms with Crippen LogP contribution < -0.4 is 4.74 Å². The van der Waals surface area contributed by atoms with Crippen molar-refractivity contribution in [1.82, 2.24) is 44.9 Å². The fourth-order valence-corrected chi connectivity index (χ4v) is 10.9.